The lowest BCUT2D eigenvalue weighted by Gasteiger charge is -2.03. The van der Waals surface area contributed by atoms with Gasteiger partial charge in [0.2, 0.25) is 0 Å². The molecule has 0 saturated heterocycles. The van der Waals surface area contributed by atoms with E-state index in [1.165, 1.54) is 12.7 Å². The zero-order chi connectivity index (χ0) is 10.9. The fourth-order valence-corrected chi connectivity index (χ4v) is 1.19. The van der Waals surface area contributed by atoms with E-state index in [2.05, 4.69) is 15.0 Å². The van der Waals surface area contributed by atoms with Gasteiger partial charge in [-0.25, -0.2) is 0 Å². The second kappa shape index (κ2) is 6.95. The fourth-order valence-electron chi connectivity index (χ4n) is 1.19. The van der Waals surface area contributed by atoms with Crippen molar-refractivity contribution >= 4 is 5.97 Å². The molecule has 0 atom stereocenters. The lowest BCUT2D eigenvalue weighted by molar-refractivity contribution is -0.140. The topological polar surface area (TPSA) is 51.2 Å². The Morgan fingerprint density at radius 1 is 1.47 bits per heavy atom. The lowest BCUT2D eigenvalue weighted by atomic mass is 10.2. The molecule has 1 rings (SSSR count). The van der Waals surface area contributed by atoms with Crippen LogP contribution < -0.4 is 5.32 Å². The molecule has 0 aliphatic carbocycles. The van der Waals surface area contributed by atoms with Gasteiger partial charge in [0, 0.05) is 25.4 Å². The standard InChI is InChI=1S/C11H16N2O2/c1-15-11(14)3-2-6-13-9-10-4-7-12-8-5-10/h4-5,7-8,13H,2-3,6,9H2,1H3. The van der Waals surface area contributed by atoms with Crippen molar-refractivity contribution in [3.63, 3.8) is 0 Å². The van der Waals surface area contributed by atoms with Crippen LogP contribution in [0.15, 0.2) is 24.5 Å². The summed E-state index contributed by atoms with van der Waals surface area (Å²) in [6.07, 6.45) is 4.81. The van der Waals surface area contributed by atoms with E-state index < -0.39 is 0 Å². The minimum atomic E-state index is -0.152. The molecule has 0 saturated carbocycles. The third-order valence-electron chi connectivity index (χ3n) is 2.04. The minimum Gasteiger partial charge on any atom is -0.469 e. The van der Waals surface area contributed by atoms with Crippen LogP contribution in [0.5, 0.6) is 0 Å². The number of carbonyl (C=O) groups excluding carboxylic acids is 1. The zero-order valence-electron chi connectivity index (χ0n) is 8.90. The van der Waals surface area contributed by atoms with Crippen LogP contribution in [0.4, 0.5) is 0 Å². The number of esters is 1. The summed E-state index contributed by atoms with van der Waals surface area (Å²) < 4.78 is 4.54. The molecule has 15 heavy (non-hydrogen) atoms. The predicted molar refractivity (Wildman–Crippen MR) is 57.2 cm³/mol. The van der Waals surface area contributed by atoms with Gasteiger partial charge in [-0.1, -0.05) is 0 Å². The largest absolute Gasteiger partial charge is 0.469 e. The predicted octanol–water partition coefficient (Wildman–Crippen LogP) is 1.12. The summed E-state index contributed by atoms with van der Waals surface area (Å²) in [5.74, 6) is -0.152. The summed E-state index contributed by atoms with van der Waals surface area (Å²) in [6, 6.07) is 3.93. The smallest absolute Gasteiger partial charge is 0.305 e. The van der Waals surface area contributed by atoms with Crippen LogP contribution in [0.25, 0.3) is 0 Å². The Hall–Kier alpha value is -1.42. The van der Waals surface area contributed by atoms with Crippen molar-refractivity contribution in [2.24, 2.45) is 0 Å². The summed E-state index contributed by atoms with van der Waals surface area (Å²) in [5, 5.41) is 3.25. The van der Waals surface area contributed by atoms with Crippen molar-refractivity contribution in [2.45, 2.75) is 19.4 Å². The summed E-state index contributed by atoms with van der Waals surface area (Å²) in [7, 11) is 1.41. The molecule has 1 N–H and O–H groups in total. The van der Waals surface area contributed by atoms with Crippen molar-refractivity contribution in [3.8, 4) is 0 Å². The van der Waals surface area contributed by atoms with E-state index in [4.69, 9.17) is 0 Å². The molecular formula is C11H16N2O2. The molecule has 0 aromatic carbocycles. The van der Waals surface area contributed by atoms with Gasteiger partial charge in [-0.05, 0) is 30.7 Å². The normalized spacial score (nSPS) is 9.93. The van der Waals surface area contributed by atoms with Crippen molar-refractivity contribution in [2.75, 3.05) is 13.7 Å². The second-order valence-corrected chi connectivity index (χ2v) is 3.21. The number of carbonyl (C=O) groups is 1. The summed E-state index contributed by atoms with van der Waals surface area (Å²) in [4.78, 5) is 14.7. The Kier molecular flexibility index (Phi) is 5.40. The van der Waals surface area contributed by atoms with Gasteiger partial charge in [0.1, 0.15) is 0 Å². The highest BCUT2D eigenvalue weighted by atomic mass is 16.5. The van der Waals surface area contributed by atoms with Crippen LogP contribution in [-0.2, 0) is 16.1 Å². The molecule has 1 aromatic heterocycles. The van der Waals surface area contributed by atoms with E-state index in [-0.39, 0.29) is 5.97 Å². The van der Waals surface area contributed by atoms with E-state index in [9.17, 15) is 4.79 Å². The molecule has 0 aliphatic heterocycles. The van der Waals surface area contributed by atoms with Crippen LogP contribution in [0, 0.1) is 0 Å². The van der Waals surface area contributed by atoms with E-state index in [1.54, 1.807) is 12.4 Å². The zero-order valence-corrected chi connectivity index (χ0v) is 8.90. The van der Waals surface area contributed by atoms with Crippen LogP contribution >= 0.6 is 0 Å². The molecule has 0 amide bonds. The van der Waals surface area contributed by atoms with Gasteiger partial charge < -0.3 is 10.1 Å². The minimum absolute atomic E-state index is 0.152. The van der Waals surface area contributed by atoms with Gasteiger partial charge in [0.25, 0.3) is 0 Å². The Morgan fingerprint density at radius 3 is 2.87 bits per heavy atom. The van der Waals surface area contributed by atoms with Crippen LogP contribution in [-0.4, -0.2) is 24.6 Å². The average Bonchev–Trinajstić information content (AvgIpc) is 2.29. The molecule has 4 heteroatoms. The first-order valence-electron chi connectivity index (χ1n) is 4.99. The van der Waals surface area contributed by atoms with Gasteiger partial charge in [-0.2, -0.15) is 0 Å². The Balaban J connectivity index is 2.05. The molecule has 4 nitrogen and oxygen atoms in total. The van der Waals surface area contributed by atoms with Gasteiger partial charge >= 0.3 is 5.97 Å². The number of ether oxygens (including phenoxy) is 1. The maximum Gasteiger partial charge on any atom is 0.305 e. The van der Waals surface area contributed by atoms with E-state index in [0.717, 1.165) is 19.5 Å². The Bertz CT molecular complexity index is 288. The molecule has 1 heterocycles. The highest BCUT2D eigenvalue weighted by Crippen LogP contribution is 1.95. The number of methoxy groups -OCH3 is 1. The number of hydrogen-bond donors (Lipinski definition) is 1. The molecule has 0 aliphatic rings. The van der Waals surface area contributed by atoms with Gasteiger partial charge in [0.15, 0.2) is 0 Å². The molecular weight excluding hydrogens is 192 g/mol. The molecule has 0 radical (unpaired) electrons. The maximum atomic E-state index is 10.8. The monoisotopic (exact) mass is 208 g/mol. The summed E-state index contributed by atoms with van der Waals surface area (Å²) in [5.41, 5.74) is 1.20. The van der Waals surface area contributed by atoms with Gasteiger partial charge in [0.05, 0.1) is 7.11 Å². The highest BCUT2D eigenvalue weighted by molar-refractivity contribution is 5.69. The second-order valence-electron chi connectivity index (χ2n) is 3.21. The molecule has 82 valence electrons. The third kappa shape index (κ3) is 5.12. The number of rotatable bonds is 6. The first kappa shape index (κ1) is 11.7. The fraction of sp³-hybridized carbons (Fsp3) is 0.455. The third-order valence-corrected chi connectivity index (χ3v) is 2.04. The van der Waals surface area contributed by atoms with E-state index in [1.807, 2.05) is 12.1 Å². The van der Waals surface area contributed by atoms with Crippen molar-refractivity contribution in [1.82, 2.24) is 10.3 Å². The molecule has 0 spiro atoms. The first-order valence-corrected chi connectivity index (χ1v) is 4.99. The van der Waals surface area contributed by atoms with Crippen molar-refractivity contribution in [1.29, 1.82) is 0 Å². The van der Waals surface area contributed by atoms with E-state index >= 15 is 0 Å². The number of hydrogen-bond acceptors (Lipinski definition) is 4. The maximum absolute atomic E-state index is 10.8. The van der Waals surface area contributed by atoms with Gasteiger partial charge in [-0.15, -0.1) is 0 Å². The Labute approximate surface area is 89.7 Å². The molecule has 0 fully saturated rings. The SMILES string of the molecule is COC(=O)CCCNCc1ccncc1. The number of aromatic nitrogens is 1. The van der Waals surface area contributed by atoms with Crippen LogP contribution in [0.3, 0.4) is 0 Å². The van der Waals surface area contributed by atoms with E-state index in [0.29, 0.717) is 6.42 Å². The van der Waals surface area contributed by atoms with Crippen LogP contribution in [0.1, 0.15) is 18.4 Å². The van der Waals surface area contributed by atoms with Crippen molar-refractivity contribution in [3.05, 3.63) is 30.1 Å². The average molecular weight is 208 g/mol. The summed E-state index contributed by atoms with van der Waals surface area (Å²) in [6.45, 7) is 1.63. The molecule has 0 bridgehead atoms. The number of nitrogens with zero attached hydrogens (tertiary/aromatic N) is 1. The summed E-state index contributed by atoms with van der Waals surface area (Å²) >= 11 is 0. The van der Waals surface area contributed by atoms with Crippen LogP contribution in [0.2, 0.25) is 0 Å². The highest BCUT2D eigenvalue weighted by Gasteiger charge is 1.98. The lowest BCUT2D eigenvalue weighted by Crippen LogP contribution is -2.16. The van der Waals surface area contributed by atoms with Crippen molar-refractivity contribution < 1.29 is 9.53 Å². The number of nitrogens with one attached hydrogen (secondary N) is 1. The quantitative estimate of drug-likeness (QED) is 0.562. The Morgan fingerprint density at radius 2 is 2.20 bits per heavy atom. The molecule has 1 aromatic rings. The van der Waals surface area contributed by atoms with Gasteiger partial charge in [-0.3, -0.25) is 9.78 Å². The first-order chi connectivity index (χ1) is 7.33. The number of pyridine rings is 1. The molecule has 0 unspecified atom stereocenters.